The van der Waals surface area contributed by atoms with Crippen LogP contribution < -0.4 is 4.74 Å². The molecule has 0 spiro atoms. The zero-order chi connectivity index (χ0) is 9.14. The summed E-state index contributed by atoms with van der Waals surface area (Å²) in [5.74, 6) is 1.24. The number of rotatable bonds is 2. The van der Waals surface area contributed by atoms with Crippen LogP contribution in [-0.2, 0) is 5.88 Å². The molecule has 0 bridgehead atoms. The van der Waals surface area contributed by atoms with Gasteiger partial charge in [0, 0.05) is 10.9 Å². The van der Waals surface area contributed by atoms with E-state index in [0.29, 0.717) is 10.9 Å². The highest BCUT2D eigenvalue weighted by molar-refractivity contribution is 6.32. The molecule has 1 aromatic carbocycles. The van der Waals surface area contributed by atoms with Crippen LogP contribution in [0, 0.1) is 6.92 Å². The number of hydrogen-bond acceptors (Lipinski definition) is 1. The highest BCUT2D eigenvalue weighted by atomic mass is 35.5. The van der Waals surface area contributed by atoms with Gasteiger partial charge in [-0.1, -0.05) is 11.6 Å². The minimum Gasteiger partial charge on any atom is -0.496 e. The van der Waals surface area contributed by atoms with E-state index < -0.39 is 0 Å². The molecule has 66 valence electrons. The van der Waals surface area contributed by atoms with Crippen molar-refractivity contribution in [1.82, 2.24) is 0 Å². The maximum atomic E-state index is 5.92. The molecule has 0 aliphatic carbocycles. The second kappa shape index (κ2) is 4.01. The lowest BCUT2D eigenvalue weighted by molar-refractivity contribution is 0.411. The van der Waals surface area contributed by atoms with Gasteiger partial charge in [0.15, 0.2) is 0 Å². The maximum absolute atomic E-state index is 5.92. The molecule has 0 atom stereocenters. The van der Waals surface area contributed by atoms with Gasteiger partial charge < -0.3 is 4.74 Å². The van der Waals surface area contributed by atoms with Crippen LogP contribution in [0.15, 0.2) is 12.1 Å². The van der Waals surface area contributed by atoms with Crippen LogP contribution in [0.5, 0.6) is 5.75 Å². The molecule has 1 aromatic rings. The lowest BCUT2D eigenvalue weighted by Gasteiger charge is -2.07. The molecular formula is C9H10Cl2O. The molecule has 12 heavy (non-hydrogen) atoms. The predicted molar refractivity (Wildman–Crippen MR) is 52.3 cm³/mol. The number of halogens is 2. The van der Waals surface area contributed by atoms with E-state index in [2.05, 4.69) is 0 Å². The van der Waals surface area contributed by atoms with E-state index in [-0.39, 0.29) is 0 Å². The highest BCUT2D eigenvalue weighted by Crippen LogP contribution is 2.27. The molecule has 1 rings (SSSR count). The summed E-state index contributed by atoms with van der Waals surface area (Å²) in [5.41, 5.74) is 1.93. The molecule has 0 saturated heterocycles. The first-order valence-electron chi connectivity index (χ1n) is 3.58. The number of hydrogen-bond donors (Lipinski definition) is 0. The van der Waals surface area contributed by atoms with Crippen molar-refractivity contribution in [3.8, 4) is 5.75 Å². The summed E-state index contributed by atoms with van der Waals surface area (Å²) in [4.78, 5) is 0. The molecule has 0 radical (unpaired) electrons. The third-order valence-corrected chi connectivity index (χ3v) is 2.35. The van der Waals surface area contributed by atoms with E-state index in [1.807, 2.05) is 19.1 Å². The van der Waals surface area contributed by atoms with E-state index in [0.717, 1.165) is 16.9 Å². The van der Waals surface area contributed by atoms with Crippen LogP contribution in [-0.4, -0.2) is 7.11 Å². The van der Waals surface area contributed by atoms with Gasteiger partial charge in [-0.25, -0.2) is 0 Å². The van der Waals surface area contributed by atoms with Gasteiger partial charge in [0.25, 0.3) is 0 Å². The maximum Gasteiger partial charge on any atom is 0.122 e. The second-order valence-electron chi connectivity index (χ2n) is 2.55. The average Bonchev–Trinajstić information content (AvgIpc) is 2.05. The SMILES string of the molecule is COc1cc(CCl)c(Cl)cc1C. The summed E-state index contributed by atoms with van der Waals surface area (Å²) in [6.45, 7) is 1.95. The van der Waals surface area contributed by atoms with Crippen molar-refractivity contribution in [2.75, 3.05) is 7.11 Å². The molecule has 0 aliphatic heterocycles. The Labute approximate surface area is 82.2 Å². The van der Waals surface area contributed by atoms with Crippen molar-refractivity contribution in [3.63, 3.8) is 0 Å². The van der Waals surface area contributed by atoms with Gasteiger partial charge >= 0.3 is 0 Å². The van der Waals surface area contributed by atoms with Crippen LogP contribution >= 0.6 is 23.2 Å². The number of ether oxygens (including phenoxy) is 1. The summed E-state index contributed by atoms with van der Waals surface area (Å²) in [6, 6.07) is 3.72. The largest absolute Gasteiger partial charge is 0.496 e. The Morgan fingerprint density at radius 1 is 1.42 bits per heavy atom. The Hall–Kier alpha value is -0.400. The topological polar surface area (TPSA) is 9.23 Å². The first-order chi connectivity index (χ1) is 5.69. The van der Waals surface area contributed by atoms with Crippen molar-refractivity contribution in [2.24, 2.45) is 0 Å². The smallest absolute Gasteiger partial charge is 0.122 e. The Bertz CT molecular complexity index is 259. The molecular weight excluding hydrogens is 195 g/mol. The Morgan fingerprint density at radius 3 is 2.58 bits per heavy atom. The first kappa shape index (κ1) is 9.69. The third kappa shape index (κ3) is 1.85. The Morgan fingerprint density at radius 2 is 2.08 bits per heavy atom. The van der Waals surface area contributed by atoms with Crippen molar-refractivity contribution in [1.29, 1.82) is 0 Å². The van der Waals surface area contributed by atoms with Crippen LogP contribution in [0.4, 0.5) is 0 Å². The van der Waals surface area contributed by atoms with Gasteiger partial charge in [-0.15, -0.1) is 11.6 Å². The molecule has 1 nitrogen and oxygen atoms in total. The second-order valence-corrected chi connectivity index (χ2v) is 3.22. The molecule has 3 heteroatoms. The van der Waals surface area contributed by atoms with Gasteiger partial charge in [0.2, 0.25) is 0 Å². The van der Waals surface area contributed by atoms with Crippen LogP contribution in [0.1, 0.15) is 11.1 Å². The minimum absolute atomic E-state index is 0.412. The average molecular weight is 205 g/mol. The number of alkyl halides is 1. The normalized spacial score (nSPS) is 10.0. The lowest BCUT2D eigenvalue weighted by Crippen LogP contribution is -1.90. The lowest BCUT2D eigenvalue weighted by atomic mass is 10.1. The van der Waals surface area contributed by atoms with Gasteiger partial charge in [0.05, 0.1) is 7.11 Å². The van der Waals surface area contributed by atoms with Crippen LogP contribution in [0.25, 0.3) is 0 Å². The summed E-state index contributed by atoms with van der Waals surface area (Å²) in [7, 11) is 1.63. The Kier molecular flexibility index (Phi) is 3.24. The fourth-order valence-corrected chi connectivity index (χ4v) is 1.59. The Balaban J connectivity index is 3.18. The fourth-order valence-electron chi connectivity index (χ4n) is 1.02. The zero-order valence-electron chi connectivity index (χ0n) is 7.03. The molecule has 0 fully saturated rings. The summed E-state index contributed by atoms with van der Waals surface area (Å²) in [5, 5.41) is 0.698. The summed E-state index contributed by atoms with van der Waals surface area (Å²) >= 11 is 11.6. The van der Waals surface area contributed by atoms with Crippen molar-refractivity contribution in [2.45, 2.75) is 12.8 Å². The van der Waals surface area contributed by atoms with E-state index >= 15 is 0 Å². The fraction of sp³-hybridized carbons (Fsp3) is 0.333. The van der Waals surface area contributed by atoms with E-state index in [1.165, 1.54) is 0 Å². The van der Waals surface area contributed by atoms with E-state index in [1.54, 1.807) is 7.11 Å². The van der Waals surface area contributed by atoms with E-state index in [9.17, 15) is 0 Å². The van der Waals surface area contributed by atoms with Gasteiger partial charge in [-0.2, -0.15) is 0 Å². The number of benzene rings is 1. The van der Waals surface area contributed by atoms with Crippen LogP contribution in [0.3, 0.4) is 0 Å². The zero-order valence-corrected chi connectivity index (χ0v) is 8.54. The quantitative estimate of drug-likeness (QED) is 0.672. The van der Waals surface area contributed by atoms with Gasteiger partial charge in [-0.05, 0) is 30.2 Å². The molecule has 0 N–H and O–H groups in total. The summed E-state index contributed by atoms with van der Waals surface area (Å²) in [6.07, 6.45) is 0. The van der Waals surface area contributed by atoms with Crippen molar-refractivity contribution in [3.05, 3.63) is 28.3 Å². The third-order valence-electron chi connectivity index (χ3n) is 1.71. The molecule has 0 aliphatic rings. The molecule has 0 unspecified atom stereocenters. The van der Waals surface area contributed by atoms with Crippen molar-refractivity contribution >= 4 is 23.2 Å². The molecule has 0 aromatic heterocycles. The number of aryl methyl sites for hydroxylation is 1. The number of methoxy groups -OCH3 is 1. The molecule has 0 heterocycles. The monoisotopic (exact) mass is 204 g/mol. The minimum atomic E-state index is 0.412. The highest BCUT2D eigenvalue weighted by Gasteiger charge is 2.04. The van der Waals surface area contributed by atoms with Crippen LogP contribution in [0.2, 0.25) is 5.02 Å². The molecule has 0 saturated carbocycles. The van der Waals surface area contributed by atoms with E-state index in [4.69, 9.17) is 27.9 Å². The predicted octanol–water partition coefficient (Wildman–Crippen LogP) is 3.40. The standard InChI is InChI=1S/C9H10Cl2O/c1-6-3-8(11)7(5-10)4-9(6)12-2/h3-4H,5H2,1-2H3. The first-order valence-corrected chi connectivity index (χ1v) is 4.49. The summed E-state index contributed by atoms with van der Waals surface area (Å²) < 4.78 is 5.13. The van der Waals surface area contributed by atoms with Gasteiger partial charge in [0.1, 0.15) is 5.75 Å². The van der Waals surface area contributed by atoms with Gasteiger partial charge in [-0.3, -0.25) is 0 Å². The molecule has 0 amide bonds. The van der Waals surface area contributed by atoms with Crippen molar-refractivity contribution < 1.29 is 4.74 Å².